The molecular weight excluding hydrogens is 607 g/mol. The molecule has 0 radical (unpaired) electrons. The highest BCUT2D eigenvalue weighted by molar-refractivity contribution is 8.01. The standard InChI is InChI=1S/C30H47N4O6PS2/c1-4-19-42-29-26(32-30(31)43-29)24-17-18-25(40-24)41(37,33-20(2)27(35)38-22-13-9-5-6-10-14-22)34-21(3)28(36)39-23-15-11-7-8-12-16-23/h17-18,20-23H,4-16,19H2,1-3H3,(H2,31,32)(H2,33,34,37)/t20-,21-/m0/s1. The molecule has 2 aromatic rings. The topological polar surface area (TPSA) is 146 Å². The molecule has 0 saturated heterocycles. The van der Waals surface area contributed by atoms with Gasteiger partial charge in [0.15, 0.2) is 16.4 Å². The second-order valence-electron chi connectivity index (χ2n) is 11.6. The van der Waals surface area contributed by atoms with Crippen LogP contribution >= 0.6 is 30.5 Å². The minimum Gasteiger partial charge on any atom is -0.461 e. The maximum Gasteiger partial charge on any atom is 0.323 e. The van der Waals surface area contributed by atoms with Gasteiger partial charge in [-0.1, -0.05) is 43.9 Å². The summed E-state index contributed by atoms with van der Waals surface area (Å²) < 4.78 is 33.4. The molecule has 2 fully saturated rings. The molecule has 2 aliphatic carbocycles. The van der Waals surface area contributed by atoms with Crippen molar-refractivity contribution in [3.63, 3.8) is 0 Å². The number of nitrogens with one attached hydrogen (secondary N) is 2. The molecule has 2 saturated carbocycles. The monoisotopic (exact) mass is 654 g/mol. The van der Waals surface area contributed by atoms with Gasteiger partial charge in [-0.2, -0.15) is 0 Å². The third-order valence-electron chi connectivity index (χ3n) is 7.81. The van der Waals surface area contributed by atoms with Crippen LogP contribution in [0, 0.1) is 0 Å². The number of esters is 2. The van der Waals surface area contributed by atoms with E-state index in [9.17, 15) is 14.2 Å². The minimum absolute atomic E-state index is 0.0729. The van der Waals surface area contributed by atoms with Crippen LogP contribution in [0.5, 0.6) is 0 Å². The first-order valence-electron chi connectivity index (χ1n) is 15.7. The van der Waals surface area contributed by atoms with E-state index in [-0.39, 0.29) is 17.7 Å². The Morgan fingerprint density at radius 1 is 0.977 bits per heavy atom. The quantitative estimate of drug-likeness (QED) is 0.0908. The van der Waals surface area contributed by atoms with Crippen molar-refractivity contribution < 1.29 is 28.0 Å². The molecule has 0 bridgehead atoms. The van der Waals surface area contributed by atoms with Gasteiger partial charge >= 0.3 is 11.9 Å². The summed E-state index contributed by atoms with van der Waals surface area (Å²) in [6.07, 6.45) is 12.6. The van der Waals surface area contributed by atoms with Gasteiger partial charge in [0, 0.05) is 0 Å². The highest BCUT2D eigenvalue weighted by Crippen LogP contribution is 2.42. The molecule has 13 heteroatoms. The van der Waals surface area contributed by atoms with E-state index >= 15 is 0 Å². The Labute approximate surface area is 263 Å². The number of furan rings is 1. The number of hydrogen-bond donors (Lipinski definition) is 3. The van der Waals surface area contributed by atoms with E-state index in [0.717, 1.165) is 93.4 Å². The van der Waals surface area contributed by atoms with Crippen molar-refractivity contribution in [2.45, 2.75) is 133 Å². The number of thioether (sulfide) groups is 1. The fraction of sp³-hybridized carbons (Fsp3) is 0.700. The van der Waals surface area contributed by atoms with Gasteiger partial charge in [-0.05, 0) is 89.5 Å². The van der Waals surface area contributed by atoms with Crippen LogP contribution in [-0.4, -0.2) is 47.0 Å². The van der Waals surface area contributed by atoms with Crippen LogP contribution in [-0.2, 0) is 23.6 Å². The van der Waals surface area contributed by atoms with Crippen molar-refractivity contribution in [1.82, 2.24) is 15.2 Å². The zero-order chi connectivity index (χ0) is 30.8. The fourth-order valence-corrected chi connectivity index (χ4v) is 9.59. The zero-order valence-corrected chi connectivity index (χ0v) is 28.1. The van der Waals surface area contributed by atoms with Gasteiger partial charge in [0.05, 0.1) is 4.21 Å². The van der Waals surface area contributed by atoms with Crippen molar-refractivity contribution >= 4 is 53.1 Å². The molecule has 2 aromatic heterocycles. The first-order chi connectivity index (χ1) is 20.7. The van der Waals surface area contributed by atoms with Gasteiger partial charge in [-0.15, -0.1) is 11.8 Å². The van der Waals surface area contributed by atoms with E-state index < -0.39 is 31.5 Å². The summed E-state index contributed by atoms with van der Waals surface area (Å²) in [5.41, 5.74) is 6.68. The molecule has 2 heterocycles. The number of nitrogen functional groups attached to an aromatic ring is 1. The number of nitrogens with zero attached hydrogens (tertiary/aromatic N) is 1. The molecule has 240 valence electrons. The number of aromatic nitrogens is 1. The molecule has 43 heavy (non-hydrogen) atoms. The fourth-order valence-electron chi connectivity index (χ4n) is 5.46. The van der Waals surface area contributed by atoms with Crippen LogP contribution in [0.25, 0.3) is 11.5 Å². The lowest BCUT2D eigenvalue weighted by Crippen LogP contribution is -2.45. The largest absolute Gasteiger partial charge is 0.461 e. The van der Waals surface area contributed by atoms with E-state index in [1.165, 1.54) is 11.3 Å². The van der Waals surface area contributed by atoms with E-state index in [1.807, 2.05) is 0 Å². The van der Waals surface area contributed by atoms with Crippen LogP contribution in [0.4, 0.5) is 5.13 Å². The zero-order valence-electron chi connectivity index (χ0n) is 25.6. The van der Waals surface area contributed by atoms with E-state index in [1.54, 1.807) is 37.7 Å². The van der Waals surface area contributed by atoms with Crippen molar-refractivity contribution in [3.8, 4) is 11.5 Å². The molecule has 4 rings (SSSR count). The average Bonchev–Trinajstić information content (AvgIpc) is 3.41. The number of ether oxygens (including phenoxy) is 2. The number of anilines is 1. The number of rotatable bonds is 13. The molecule has 4 N–H and O–H groups in total. The second kappa shape index (κ2) is 16.5. The van der Waals surface area contributed by atoms with Crippen LogP contribution < -0.4 is 21.4 Å². The molecule has 0 unspecified atom stereocenters. The van der Waals surface area contributed by atoms with Crippen molar-refractivity contribution in [1.29, 1.82) is 0 Å². The highest BCUT2D eigenvalue weighted by Gasteiger charge is 2.37. The Kier molecular flexibility index (Phi) is 13.0. The minimum atomic E-state index is -3.88. The number of thiazole rings is 1. The molecule has 0 aromatic carbocycles. The number of carbonyl (C=O) groups is 2. The maximum atomic E-state index is 14.7. The smallest absolute Gasteiger partial charge is 0.323 e. The number of nitrogens with two attached hydrogens (primary N) is 1. The summed E-state index contributed by atoms with van der Waals surface area (Å²) in [5.74, 6) is 0.331. The summed E-state index contributed by atoms with van der Waals surface area (Å²) in [5, 5.41) is 6.32. The molecule has 2 aliphatic rings. The molecule has 10 nitrogen and oxygen atoms in total. The van der Waals surface area contributed by atoms with Crippen LogP contribution in [0.2, 0.25) is 0 Å². The first kappa shape index (κ1) is 34.0. The molecule has 2 atom stereocenters. The second-order valence-corrected chi connectivity index (χ2v) is 16.2. The van der Waals surface area contributed by atoms with E-state index in [4.69, 9.17) is 19.6 Å². The highest BCUT2D eigenvalue weighted by atomic mass is 32.2. The van der Waals surface area contributed by atoms with Crippen molar-refractivity contribution in [2.24, 2.45) is 0 Å². The van der Waals surface area contributed by atoms with Gasteiger partial charge in [-0.25, -0.2) is 15.2 Å². The van der Waals surface area contributed by atoms with Crippen LogP contribution in [0.1, 0.15) is 104 Å². The van der Waals surface area contributed by atoms with Crippen LogP contribution in [0.3, 0.4) is 0 Å². The van der Waals surface area contributed by atoms with Gasteiger partial charge in [-0.3, -0.25) is 14.2 Å². The summed E-state index contributed by atoms with van der Waals surface area (Å²) in [6.45, 7) is 5.33. The van der Waals surface area contributed by atoms with Crippen molar-refractivity contribution in [3.05, 3.63) is 12.1 Å². The summed E-state index contributed by atoms with van der Waals surface area (Å²) in [7, 11) is -3.88. The van der Waals surface area contributed by atoms with Gasteiger partial charge < -0.3 is 19.6 Å². The summed E-state index contributed by atoms with van der Waals surface area (Å²) >= 11 is 3.02. The lowest BCUT2D eigenvalue weighted by molar-refractivity contribution is -0.151. The Morgan fingerprint density at radius 3 is 1.98 bits per heavy atom. The predicted molar refractivity (Wildman–Crippen MR) is 173 cm³/mol. The average molecular weight is 655 g/mol. The third kappa shape index (κ3) is 9.82. The maximum absolute atomic E-state index is 14.7. The Bertz CT molecular complexity index is 1190. The third-order valence-corrected chi connectivity index (χ3v) is 12.5. The van der Waals surface area contributed by atoms with Gasteiger partial charge in [0.1, 0.15) is 30.0 Å². The Balaban J connectivity index is 1.54. The Hall–Kier alpha value is -1.85. The van der Waals surface area contributed by atoms with E-state index in [2.05, 4.69) is 22.1 Å². The Morgan fingerprint density at radius 2 is 1.49 bits per heavy atom. The molecule has 0 aliphatic heterocycles. The molecule has 0 spiro atoms. The SMILES string of the molecule is CCCSc1sc(N)nc1-c1ccc(P(=O)(N[C@@H](C)C(=O)OC2CCCCCC2)N[C@@H](C)C(=O)OC2CCCCCC2)o1. The number of hydrogen-bond acceptors (Lipinski definition) is 10. The summed E-state index contributed by atoms with van der Waals surface area (Å²) in [6, 6.07) is 1.43. The van der Waals surface area contributed by atoms with Crippen molar-refractivity contribution in [2.75, 3.05) is 11.5 Å². The summed E-state index contributed by atoms with van der Waals surface area (Å²) in [4.78, 5) is 30.7. The van der Waals surface area contributed by atoms with Crippen LogP contribution in [0.15, 0.2) is 20.8 Å². The molecular formula is C30H47N4O6PS2. The molecule has 0 amide bonds. The predicted octanol–water partition coefficient (Wildman–Crippen LogP) is 6.79. The lowest BCUT2D eigenvalue weighted by atomic mass is 10.1. The van der Waals surface area contributed by atoms with E-state index in [0.29, 0.717) is 16.6 Å². The first-order valence-corrected chi connectivity index (χ1v) is 19.3. The lowest BCUT2D eigenvalue weighted by Gasteiger charge is -2.27. The van der Waals surface area contributed by atoms with Gasteiger partial charge in [0.2, 0.25) is 0 Å². The normalized spacial score (nSPS) is 18.9. The van der Waals surface area contributed by atoms with Gasteiger partial charge in [0.25, 0.3) is 7.44 Å². The number of carbonyl (C=O) groups excluding carboxylic acids is 2.